The SMILES string of the molecule is CC(C)CCCC(C)CCCC(C)CCCCC(C)CCC(O)CCC(C)CCCC(C)CCCC(C)CCCC(C)C. The molecule has 1 nitrogen and oxygen atoms in total. The first-order valence-corrected chi connectivity index (χ1v) is 20.1. The summed E-state index contributed by atoms with van der Waals surface area (Å²) >= 11 is 0. The third-order valence-electron chi connectivity index (χ3n) is 10.8. The molecule has 0 bridgehead atoms. The van der Waals surface area contributed by atoms with Crippen LogP contribution in [0.25, 0.3) is 0 Å². The molecule has 7 atom stereocenters. The van der Waals surface area contributed by atoms with Crippen LogP contribution in [-0.4, -0.2) is 11.2 Å². The zero-order valence-electron chi connectivity index (χ0n) is 31.9. The van der Waals surface area contributed by atoms with Crippen LogP contribution < -0.4 is 0 Å². The highest BCUT2D eigenvalue weighted by atomic mass is 16.3. The molecule has 43 heavy (non-hydrogen) atoms. The number of hydrogen-bond acceptors (Lipinski definition) is 1. The lowest BCUT2D eigenvalue weighted by molar-refractivity contribution is 0.136. The summed E-state index contributed by atoms with van der Waals surface area (Å²) in [6.07, 6.45) is 31.0. The lowest BCUT2D eigenvalue weighted by Gasteiger charge is -2.18. The Labute approximate surface area is 274 Å². The second kappa shape index (κ2) is 28.2. The van der Waals surface area contributed by atoms with Gasteiger partial charge >= 0.3 is 0 Å². The van der Waals surface area contributed by atoms with Crippen molar-refractivity contribution in [1.29, 1.82) is 0 Å². The van der Waals surface area contributed by atoms with Gasteiger partial charge in [0.25, 0.3) is 0 Å². The van der Waals surface area contributed by atoms with Gasteiger partial charge in [0.15, 0.2) is 0 Å². The Kier molecular flexibility index (Phi) is 28.2. The van der Waals surface area contributed by atoms with Crippen LogP contribution in [0, 0.1) is 47.3 Å². The van der Waals surface area contributed by atoms with E-state index in [1.165, 1.54) is 135 Å². The molecule has 0 radical (unpaired) electrons. The molecule has 0 aromatic rings. The molecule has 0 saturated carbocycles. The summed E-state index contributed by atoms with van der Waals surface area (Å²) in [6, 6.07) is 0. The minimum atomic E-state index is -0.0841. The summed E-state index contributed by atoms with van der Waals surface area (Å²) in [4.78, 5) is 0. The molecular formula is C42H86O. The van der Waals surface area contributed by atoms with E-state index in [1.54, 1.807) is 0 Å². The molecule has 0 spiro atoms. The normalized spacial score (nSPS) is 17.2. The first-order chi connectivity index (χ1) is 20.4. The maximum Gasteiger partial charge on any atom is 0.0540 e. The summed E-state index contributed by atoms with van der Waals surface area (Å²) in [5.41, 5.74) is 0. The van der Waals surface area contributed by atoms with Crippen LogP contribution in [0.2, 0.25) is 0 Å². The molecule has 0 aliphatic heterocycles. The Morgan fingerprint density at radius 2 is 0.465 bits per heavy atom. The smallest absolute Gasteiger partial charge is 0.0540 e. The minimum absolute atomic E-state index is 0.0841. The van der Waals surface area contributed by atoms with E-state index in [0.717, 1.165) is 60.2 Å². The van der Waals surface area contributed by atoms with Gasteiger partial charge in [0, 0.05) is 0 Å². The molecule has 0 rings (SSSR count). The lowest BCUT2D eigenvalue weighted by atomic mass is 9.89. The van der Waals surface area contributed by atoms with E-state index in [9.17, 15) is 5.11 Å². The first-order valence-electron chi connectivity index (χ1n) is 20.1. The highest BCUT2D eigenvalue weighted by Gasteiger charge is 2.13. The van der Waals surface area contributed by atoms with Crippen LogP contribution in [0.1, 0.15) is 217 Å². The van der Waals surface area contributed by atoms with E-state index >= 15 is 0 Å². The number of aliphatic hydroxyl groups is 1. The predicted octanol–water partition coefficient (Wildman–Crippen LogP) is 14.4. The van der Waals surface area contributed by atoms with Crippen molar-refractivity contribution in [3.05, 3.63) is 0 Å². The molecule has 0 aromatic carbocycles. The van der Waals surface area contributed by atoms with Gasteiger partial charge in [-0.2, -0.15) is 0 Å². The van der Waals surface area contributed by atoms with Crippen LogP contribution in [0.5, 0.6) is 0 Å². The van der Waals surface area contributed by atoms with Crippen molar-refractivity contribution in [3.63, 3.8) is 0 Å². The maximum atomic E-state index is 10.6. The summed E-state index contributed by atoms with van der Waals surface area (Å²) in [6.45, 7) is 24.1. The fourth-order valence-electron chi connectivity index (χ4n) is 7.14. The van der Waals surface area contributed by atoms with E-state index < -0.39 is 0 Å². The molecule has 0 aliphatic rings. The van der Waals surface area contributed by atoms with Crippen molar-refractivity contribution in [3.8, 4) is 0 Å². The van der Waals surface area contributed by atoms with Gasteiger partial charge in [0.05, 0.1) is 6.10 Å². The molecule has 0 aliphatic carbocycles. The summed E-state index contributed by atoms with van der Waals surface area (Å²) in [5, 5.41) is 10.6. The quantitative estimate of drug-likeness (QED) is 0.0778. The largest absolute Gasteiger partial charge is 0.393 e. The van der Waals surface area contributed by atoms with Gasteiger partial charge in [-0.05, 0) is 73.0 Å². The predicted molar refractivity (Wildman–Crippen MR) is 197 cm³/mol. The van der Waals surface area contributed by atoms with E-state index in [1.807, 2.05) is 0 Å². The fourth-order valence-corrected chi connectivity index (χ4v) is 7.14. The van der Waals surface area contributed by atoms with Gasteiger partial charge in [0.2, 0.25) is 0 Å². The van der Waals surface area contributed by atoms with Crippen molar-refractivity contribution < 1.29 is 5.11 Å². The number of unbranched alkanes of at least 4 members (excludes halogenated alkanes) is 1. The standard InChI is InChI=1S/C42H86O/c1-34(2)18-13-22-37(6)25-15-24-36(5)20-11-12-21-40(9)30-32-42(43)33-31-41(10)29-17-28-39(8)27-16-26-38(7)23-14-19-35(3)4/h34-43H,11-33H2,1-10H3. The topological polar surface area (TPSA) is 20.2 Å². The van der Waals surface area contributed by atoms with Gasteiger partial charge in [-0.1, -0.05) is 191 Å². The number of aliphatic hydroxyl groups excluding tert-OH is 1. The van der Waals surface area contributed by atoms with Crippen molar-refractivity contribution in [1.82, 2.24) is 0 Å². The van der Waals surface area contributed by atoms with E-state index in [4.69, 9.17) is 0 Å². The van der Waals surface area contributed by atoms with Gasteiger partial charge in [-0.25, -0.2) is 0 Å². The van der Waals surface area contributed by atoms with Crippen molar-refractivity contribution in [2.24, 2.45) is 47.3 Å². The molecule has 0 amide bonds. The van der Waals surface area contributed by atoms with Gasteiger partial charge in [0.1, 0.15) is 0 Å². The third kappa shape index (κ3) is 30.4. The average molecular weight is 607 g/mol. The molecule has 0 saturated heterocycles. The van der Waals surface area contributed by atoms with Gasteiger partial charge < -0.3 is 5.11 Å². The Morgan fingerprint density at radius 1 is 0.256 bits per heavy atom. The second-order valence-electron chi connectivity index (χ2n) is 17.2. The zero-order chi connectivity index (χ0) is 32.5. The molecule has 0 fully saturated rings. The Morgan fingerprint density at radius 3 is 0.721 bits per heavy atom. The number of hydrogen-bond donors (Lipinski definition) is 1. The van der Waals surface area contributed by atoms with Gasteiger partial charge in [-0.3, -0.25) is 0 Å². The second-order valence-corrected chi connectivity index (χ2v) is 17.2. The van der Waals surface area contributed by atoms with Crippen LogP contribution in [0.3, 0.4) is 0 Å². The molecule has 1 N–H and O–H groups in total. The van der Waals surface area contributed by atoms with E-state index in [2.05, 4.69) is 69.2 Å². The third-order valence-corrected chi connectivity index (χ3v) is 10.8. The molecule has 7 unspecified atom stereocenters. The van der Waals surface area contributed by atoms with Gasteiger partial charge in [-0.15, -0.1) is 0 Å². The maximum absolute atomic E-state index is 10.6. The Hall–Kier alpha value is -0.0400. The summed E-state index contributed by atoms with van der Waals surface area (Å²) < 4.78 is 0. The summed E-state index contributed by atoms with van der Waals surface area (Å²) in [5.74, 6) is 6.84. The Balaban J connectivity index is 3.71. The van der Waals surface area contributed by atoms with E-state index in [-0.39, 0.29) is 6.10 Å². The molecule has 0 aromatic heterocycles. The number of rotatable bonds is 31. The van der Waals surface area contributed by atoms with Crippen LogP contribution >= 0.6 is 0 Å². The van der Waals surface area contributed by atoms with Crippen molar-refractivity contribution >= 4 is 0 Å². The molecule has 1 heteroatoms. The molecule has 0 heterocycles. The van der Waals surface area contributed by atoms with Crippen molar-refractivity contribution in [2.45, 2.75) is 223 Å². The molecular weight excluding hydrogens is 520 g/mol. The highest BCUT2D eigenvalue weighted by Crippen LogP contribution is 2.25. The first kappa shape index (κ1) is 43.0. The molecule has 260 valence electrons. The summed E-state index contributed by atoms with van der Waals surface area (Å²) in [7, 11) is 0. The highest BCUT2D eigenvalue weighted by molar-refractivity contribution is 4.66. The van der Waals surface area contributed by atoms with Crippen LogP contribution in [-0.2, 0) is 0 Å². The zero-order valence-corrected chi connectivity index (χ0v) is 31.9. The van der Waals surface area contributed by atoms with Crippen molar-refractivity contribution in [2.75, 3.05) is 0 Å². The fraction of sp³-hybridized carbons (Fsp3) is 1.00. The van der Waals surface area contributed by atoms with E-state index in [0.29, 0.717) is 0 Å². The van der Waals surface area contributed by atoms with Crippen LogP contribution in [0.4, 0.5) is 0 Å². The minimum Gasteiger partial charge on any atom is -0.393 e. The average Bonchev–Trinajstić information content (AvgIpc) is 2.92. The Bertz CT molecular complexity index is 567. The monoisotopic (exact) mass is 607 g/mol. The van der Waals surface area contributed by atoms with Crippen LogP contribution in [0.15, 0.2) is 0 Å². The lowest BCUT2D eigenvalue weighted by Crippen LogP contribution is -2.11.